The summed E-state index contributed by atoms with van der Waals surface area (Å²) in [6, 6.07) is 0.451. The van der Waals surface area contributed by atoms with Crippen molar-refractivity contribution in [2.24, 2.45) is 0 Å². The standard InChI is InChI=1S/C9H12BrN3O/c10-7-5-11-13(6-7)4-3-9(14)12-8-1-2-8/h5-6,8H,1-4H2,(H,12,14). The van der Waals surface area contributed by atoms with Gasteiger partial charge in [-0.2, -0.15) is 5.10 Å². The maximum atomic E-state index is 11.3. The summed E-state index contributed by atoms with van der Waals surface area (Å²) in [6.45, 7) is 0.643. The molecule has 0 saturated heterocycles. The van der Waals surface area contributed by atoms with E-state index in [2.05, 4.69) is 26.3 Å². The first-order valence-corrected chi connectivity index (χ1v) is 5.50. The van der Waals surface area contributed by atoms with Crippen LogP contribution in [0.1, 0.15) is 19.3 Å². The van der Waals surface area contributed by atoms with Gasteiger partial charge in [0.25, 0.3) is 0 Å². The first-order chi connectivity index (χ1) is 6.74. The molecule has 1 aliphatic rings. The van der Waals surface area contributed by atoms with Gasteiger partial charge in [-0.05, 0) is 28.8 Å². The summed E-state index contributed by atoms with van der Waals surface area (Å²) >= 11 is 3.31. The number of amides is 1. The lowest BCUT2D eigenvalue weighted by atomic mass is 10.4. The summed E-state index contributed by atoms with van der Waals surface area (Å²) in [5, 5.41) is 7.01. The van der Waals surface area contributed by atoms with Gasteiger partial charge in [-0.1, -0.05) is 0 Å². The molecule has 5 heteroatoms. The second-order valence-corrected chi connectivity index (χ2v) is 4.43. The number of aromatic nitrogens is 2. The van der Waals surface area contributed by atoms with Gasteiger partial charge in [-0.3, -0.25) is 9.48 Å². The van der Waals surface area contributed by atoms with E-state index in [-0.39, 0.29) is 5.91 Å². The zero-order valence-electron chi connectivity index (χ0n) is 7.74. The first-order valence-electron chi connectivity index (χ1n) is 4.71. The minimum atomic E-state index is 0.124. The van der Waals surface area contributed by atoms with Crippen LogP contribution in [-0.4, -0.2) is 21.7 Å². The third-order valence-electron chi connectivity index (χ3n) is 2.11. The Labute approximate surface area is 90.8 Å². The Morgan fingerprint density at radius 1 is 1.71 bits per heavy atom. The van der Waals surface area contributed by atoms with Crippen molar-refractivity contribution in [2.75, 3.05) is 0 Å². The molecule has 0 unspecified atom stereocenters. The van der Waals surface area contributed by atoms with Crippen molar-refractivity contribution in [1.29, 1.82) is 0 Å². The molecule has 0 atom stereocenters. The number of aryl methyl sites for hydroxylation is 1. The fourth-order valence-corrected chi connectivity index (χ4v) is 1.53. The highest BCUT2D eigenvalue weighted by atomic mass is 79.9. The van der Waals surface area contributed by atoms with Crippen LogP contribution in [0.25, 0.3) is 0 Å². The SMILES string of the molecule is O=C(CCn1cc(Br)cn1)NC1CC1. The molecule has 1 aliphatic carbocycles. The number of nitrogens with zero attached hydrogens (tertiary/aromatic N) is 2. The molecule has 0 radical (unpaired) electrons. The Morgan fingerprint density at radius 2 is 2.50 bits per heavy atom. The van der Waals surface area contributed by atoms with Gasteiger partial charge in [0.05, 0.1) is 10.7 Å². The largest absolute Gasteiger partial charge is 0.353 e. The van der Waals surface area contributed by atoms with Crippen molar-refractivity contribution in [2.45, 2.75) is 31.8 Å². The summed E-state index contributed by atoms with van der Waals surface area (Å²) in [4.78, 5) is 11.3. The van der Waals surface area contributed by atoms with Crippen molar-refractivity contribution in [3.05, 3.63) is 16.9 Å². The van der Waals surface area contributed by atoms with E-state index in [9.17, 15) is 4.79 Å². The zero-order valence-corrected chi connectivity index (χ0v) is 9.33. The number of hydrogen-bond acceptors (Lipinski definition) is 2. The number of rotatable bonds is 4. The number of halogens is 1. The van der Waals surface area contributed by atoms with E-state index in [1.165, 1.54) is 0 Å². The Balaban J connectivity index is 1.73. The van der Waals surface area contributed by atoms with Crippen LogP contribution >= 0.6 is 15.9 Å². The van der Waals surface area contributed by atoms with Gasteiger partial charge < -0.3 is 5.32 Å². The van der Waals surface area contributed by atoms with E-state index >= 15 is 0 Å². The molecule has 1 heterocycles. The molecule has 1 N–H and O–H groups in total. The quantitative estimate of drug-likeness (QED) is 0.885. The molecule has 1 aromatic heterocycles. The van der Waals surface area contributed by atoms with Crippen molar-refractivity contribution >= 4 is 21.8 Å². The molecular formula is C9H12BrN3O. The van der Waals surface area contributed by atoms with Crippen LogP contribution in [0.5, 0.6) is 0 Å². The molecule has 1 aromatic rings. The molecule has 0 bridgehead atoms. The molecule has 1 saturated carbocycles. The minimum absolute atomic E-state index is 0.124. The summed E-state index contributed by atoms with van der Waals surface area (Å²) < 4.78 is 2.71. The van der Waals surface area contributed by atoms with Crippen molar-refractivity contribution in [3.8, 4) is 0 Å². The molecule has 0 aromatic carbocycles. The van der Waals surface area contributed by atoms with E-state index in [4.69, 9.17) is 0 Å². The van der Waals surface area contributed by atoms with E-state index in [0.717, 1.165) is 17.3 Å². The van der Waals surface area contributed by atoms with Crippen molar-refractivity contribution in [1.82, 2.24) is 15.1 Å². The van der Waals surface area contributed by atoms with Crippen LogP contribution in [0.4, 0.5) is 0 Å². The van der Waals surface area contributed by atoms with E-state index in [1.807, 2.05) is 6.20 Å². The lowest BCUT2D eigenvalue weighted by Gasteiger charge is -2.02. The Morgan fingerprint density at radius 3 is 3.07 bits per heavy atom. The summed E-state index contributed by atoms with van der Waals surface area (Å²) in [5.74, 6) is 0.124. The Hall–Kier alpha value is -0.840. The van der Waals surface area contributed by atoms with Crippen LogP contribution < -0.4 is 5.32 Å². The molecule has 14 heavy (non-hydrogen) atoms. The van der Waals surface area contributed by atoms with E-state index in [0.29, 0.717) is 19.0 Å². The second kappa shape index (κ2) is 4.13. The number of carbonyl (C=O) groups excluding carboxylic acids is 1. The minimum Gasteiger partial charge on any atom is -0.353 e. The number of carbonyl (C=O) groups is 1. The smallest absolute Gasteiger partial charge is 0.222 e. The second-order valence-electron chi connectivity index (χ2n) is 3.51. The predicted molar refractivity (Wildman–Crippen MR) is 55.7 cm³/mol. The Bertz CT molecular complexity index is 333. The Kier molecular flexibility index (Phi) is 2.86. The van der Waals surface area contributed by atoms with Gasteiger partial charge in [0, 0.05) is 25.2 Å². The third-order valence-corrected chi connectivity index (χ3v) is 2.52. The molecule has 4 nitrogen and oxygen atoms in total. The molecule has 0 aliphatic heterocycles. The monoisotopic (exact) mass is 257 g/mol. The highest BCUT2D eigenvalue weighted by Crippen LogP contribution is 2.18. The van der Waals surface area contributed by atoms with Crippen LogP contribution in [0, 0.1) is 0 Å². The van der Waals surface area contributed by atoms with Crippen molar-refractivity contribution < 1.29 is 4.79 Å². The fraction of sp³-hybridized carbons (Fsp3) is 0.556. The lowest BCUT2D eigenvalue weighted by molar-refractivity contribution is -0.121. The van der Waals surface area contributed by atoms with Gasteiger partial charge in [0.15, 0.2) is 0 Å². The molecular weight excluding hydrogens is 246 g/mol. The lowest BCUT2D eigenvalue weighted by Crippen LogP contribution is -2.26. The molecule has 1 amide bonds. The highest BCUT2D eigenvalue weighted by molar-refractivity contribution is 9.10. The van der Waals surface area contributed by atoms with Gasteiger partial charge in [-0.25, -0.2) is 0 Å². The van der Waals surface area contributed by atoms with E-state index < -0.39 is 0 Å². The number of nitrogens with one attached hydrogen (secondary N) is 1. The van der Waals surface area contributed by atoms with Crippen LogP contribution in [0.3, 0.4) is 0 Å². The topological polar surface area (TPSA) is 46.9 Å². The summed E-state index contributed by atoms with van der Waals surface area (Å²) in [5.41, 5.74) is 0. The third kappa shape index (κ3) is 2.83. The molecule has 76 valence electrons. The average Bonchev–Trinajstić information content (AvgIpc) is 2.85. The van der Waals surface area contributed by atoms with Crippen LogP contribution in [-0.2, 0) is 11.3 Å². The summed E-state index contributed by atoms with van der Waals surface area (Å²) in [7, 11) is 0. The molecule has 2 rings (SSSR count). The van der Waals surface area contributed by atoms with Gasteiger partial charge in [0.2, 0.25) is 5.91 Å². The molecule has 0 spiro atoms. The van der Waals surface area contributed by atoms with Crippen molar-refractivity contribution in [3.63, 3.8) is 0 Å². The number of hydrogen-bond donors (Lipinski definition) is 1. The van der Waals surface area contributed by atoms with E-state index in [1.54, 1.807) is 10.9 Å². The normalized spacial score (nSPS) is 15.5. The maximum Gasteiger partial charge on any atom is 0.222 e. The van der Waals surface area contributed by atoms with Crippen LogP contribution in [0.2, 0.25) is 0 Å². The maximum absolute atomic E-state index is 11.3. The van der Waals surface area contributed by atoms with Gasteiger partial charge >= 0.3 is 0 Å². The predicted octanol–water partition coefficient (Wildman–Crippen LogP) is 1.31. The molecule has 1 fully saturated rings. The summed E-state index contributed by atoms with van der Waals surface area (Å²) in [6.07, 6.45) is 6.37. The van der Waals surface area contributed by atoms with Gasteiger partial charge in [-0.15, -0.1) is 0 Å². The fourth-order valence-electron chi connectivity index (χ4n) is 1.20. The van der Waals surface area contributed by atoms with Crippen LogP contribution in [0.15, 0.2) is 16.9 Å². The highest BCUT2D eigenvalue weighted by Gasteiger charge is 2.22. The zero-order chi connectivity index (χ0) is 9.97. The average molecular weight is 258 g/mol. The first kappa shape index (κ1) is 9.71. The van der Waals surface area contributed by atoms with Gasteiger partial charge in [0.1, 0.15) is 0 Å².